The van der Waals surface area contributed by atoms with E-state index < -0.39 is 11.9 Å². The van der Waals surface area contributed by atoms with Crippen molar-refractivity contribution >= 4 is 23.5 Å². The van der Waals surface area contributed by atoms with Crippen LogP contribution in [0.5, 0.6) is 0 Å². The third kappa shape index (κ3) is 8.36. The summed E-state index contributed by atoms with van der Waals surface area (Å²) in [6.45, 7) is 3.04. The molecule has 1 unspecified atom stereocenters. The summed E-state index contributed by atoms with van der Waals surface area (Å²) < 4.78 is 12.6. The SMILES string of the molecule is NC(=O)C(NC(=O)C1CCCCC1)c1ccccc1.O=C(Nc1ccc(F)cc1)N1CCNCC1. The number of nitrogens with two attached hydrogens (primary N) is 1. The van der Waals surface area contributed by atoms with Crippen LogP contribution in [0.25, 0.3) is 0 Å². The molecule has 4 rings (SSSR count). The lowest BCUT2D eigenvalue weighted by Crippen LogP contribution is -2.48. The molecule has 2 aromatic carbocycles. The molecule has 8 nitrogen and oxygen atoms in total. The highest BCUT2D eigenvalue weighted by molar-refractivity contribution is 5.89. The van der Waals surface area contributed by atoms with Crippen molar-refractivity contribution in [2.75, 3.05) is 31.5 Å². The molecule has 0 spiro atoms. The van der Waals surface area contributed by atoms with E-state index >= 15 is 0 Å². The molecule has 188 valence electrons. The van der Waals surface area contributed by atoms with E-state index in [-0.39, 0.29) is 23.7 Å². The van der Waals surface area contributed by atoms with Gasteiger partial charge in [0.1, 0.15) is 11.9 Å². The highest BCUT2D eigenvalue weighted by Crippen LogP contribution is 2.24. The molecule has 0 bridgehead atoms. The normalized spacial score (nSPS) is 16.9. The molecule has 2 aliphatic rings. The van der Waals surface area contributed by atoms with Crippen molar-refractivity contribution in [3.05, 3.63) is 66.0 Å². The number of carbonyl (C=O) groups is 3. The Kier molecular flexibility index (Phi) is 10.0. The number of nitrogens with one attached hydrogen (secondary N) is 3. The second kappa shape index (κ2) is 13.4. The van der Waals surface area contributed by atoms with E-state index in [4.69, 9.17) is 5.73 Å². The predicted octanol–water partition coefficient (Wildman–Crippen LogP) is 3.17. The quantitative estimate of drug-likeness (QED) is 0.523. The van der Waals surface area contributed by atoms with Crippen LogP contribution < -0.4 is 21.7 Å². The Morgan fingerprint density at radius 3 is 2.17 bits per heavy atom. The molecule has 35 heavy (non-hydrogen) atoms. The molecule has 1 heterocycles. The number of halogens is 1. The fourth-order valence-corrected chi connectivity index (χ4v) is 4.19. The van der Waals surface area contributed by atoms with Gasteiger partial charge in [0.2, 0.25) is 11.8 Å². The maximum Gasteiger partial charge on any atom is 0.321 e. The fourth-order valence-electron chi connectivity index (χ4n) is 4.19. The summed E-state index contributed by atoms with van der Waals surface area (Å²) in [5.74, 6) is -0.845. The van der Waals surface area contributed by atoms with Gasteiger partial charge in [0.25, 0.3) is 0 Å². The minimum atomic E-state index is -0.726. The first-order valence-corrected chi connectivity index (χ1v) is 12.1. The number of amides is 4. The summed E-state index contributed by atoms with van der Waals surface area (Å²) in [6.07, 6.45) is 5.19. The summed E-state index contributed by atoms with van der Waals surface area (Å²) in [5.41, 5.74) is 6.74. The number of carbonyl (C=O) groups excluding carboxylic acids is 3. The molecule has 5 N–H and O–H groups in total. The molecule has 0 aromatic heterocycles. The van der Waals surface area contributed by atoms with Gasteiger partial charge in [0, 0.05) is 37.8 Å². The van der Waals surface area contributed by atoms with Crippen molar-refractivity contribution in [1.29, 1.82) is 0 Å². The van der Waals surface area contributed by atoms with E-state index in [2.05, 4.69) is 16.0 Å². The summed E-state index contributed by atoms with van der Waals surface area (Å²) in [5, 5.41) is 8.69. The molecule has 1 aliphatic heterocycles. The molecule has 1 aliphatic carbocycles. The molecule has 4 amide bonds. The zero-order valence-electron chi connectivity index (χ0n) is 19.8. The molecule has 2 fully saturated rings. The Morgan fingerprint density at radius 1 is 0.943 bits per heavy atom. The van der Waals surface area contributed by atoms with E-state index in [1.165, 1.54) is 18.6 Å². The monoisotopic (exact) mass is 483 g/mol. The van der Waals surface area contributed by atoms with Crippen LogP contribution in [0.15, 0.2) is 54.6 Å². The topological polar surface area (TPSA) is 117 Å². The van der Waals surface area contributed by atoms with Crippen molar-refractivity contribution in [3.8, 4) is 0 Å². The molecule has 1 saturated heterocycles. The number of rotatable bonds is 5. The number of nitrogens with zero attached hydrogens (tertiary/aromatic N) is 1. The zero-order chi connectivity index (χ0) is 25.0. The van der Waals surface area contributed by atoms with Gasteiger partial charge in [-0.2, -0.15) is 0 Å². The second-order valence-electron chi connectivity index (χ2n) is 8.76. The van der Waals surface area contributed by atoms with E-state index in [1.54, 1.807) is 29.2 Å². The molecular formula is C26H34FN5O3. The Hall–Kier alpha value is -3.46. The Labute approximate surface area is 205 Å². The molecule has 1 atom stereocenters. The van der Waals surface area contributed by atoms with Crippen molar-refractivity contribution in [3.63, 3.8) is 0 Å². The predicted molar refractivity (Wildman–Crippen MR) is 133 cm³/mol. The van der Waals surface area contributed by atoms with Crippen molar-refractivity contribution in [2.45, 2.75) is 38.1 Å². The van der Waals surface area contributed by atoms with Crippen LogP contribution in [0.3, 0.4) is 0 Å². The first-order valence-electron chi connectivity index (χ1n) is 12.1. The van der Waals surface area contributed by atoms with E-state index in [0.717, 1.165) is 44.3 Å². The fraction of sp³-hybridized carbons (Fsp3) is 0.423. The Bertz CT molecular complexity index is 959. The van der Waals surface area contributed by atoms with Gasteiger partial charge < -0.3 is 26.6 Å². The number of hydrogen-bond acceptors (Lipinski definition) is 4. The first-order chi connectivity index (χ1) is 16.9. The number of benzene rings is 2. The van der Waals surface area contributed by atoms with Crippen LogP contribution in [0, 0.1) is 11.7 Å². The maximum absolute atomic E-state index is 12.6. The van der Waals surface area contributed by atoms with Gasteiger partial charge in [-0.3, -0.25) is 9.59 Å². The minimum absolute atomic E-state index is 0.0271. The molecule has 0 radical (unpaired) electrons. The van der Waals surface area contributed by atoms with Gasteiger partial charge in [-0.1, -0.05) is 49.6 Å². The van der Waals surface area contributed by atoms with Crippen molar-refractivity contribution in [2.24, 2.45) is 11.7 Å². The average Bonchev–Trinajstić information content (AvgIpc) is 2.90. The second-order valence-corrected chi connectivity index (χ2v) is 8.76. The van der Waals surface area contributed by atoms with E-state index in [0.29, 0.717) is 18.8 Å². The number of hydrogen-bond donors (Lipinski definition) is 4. The van der Waals surface area contributed by atoms with Crippen molar-refractivity contribution in [1.82, 2.24) is 15.5 Å². The number of urea groups is 1. The van der Waals surface area contributed by atoms with E-state index in [1.807, 2.05) is 18.2 Å². The number of primary amides is 1. The van der Waals surface area contributed by atoms with Crippen LogP contribution in [0.4, 0.5) is 14.9 Å². The van der Waals surface area contributed by atoms with Crippen LogP contribution >= 0.6 is 0 Å². The van der Waals surface area contributed by atoms with Crippen LogP contribution in [0.1, 0.15) is 43.7 Å². The average molecular weight is 484 g/mol. The first kappa shape index (κ1) is 26.2. The van der Waals surface area contributed by atoms with Crippen LogP contribution in [-0.2, 0) is 9.59 Å². The standard InChI is InChI=1S/C15H20N2O2.C11H14FN3O/c16-14(18)13(11-7-3-1-4-8-11)17-15(19)12-9-5-2-6-10-12;12-9-1-3-10(4-2-9)14-11(16)15-7-5-13-6-8-15/h1,3-4,7-8,12-13H,2,5-6,9-10H2,(H2,16,18)(H,17,19);1-4,13H,5-8H2,(H,14,16). The van der Waals surface area contributed by atoms with Gasteiger partial charge in [0.15, 0.2) is 0 Å². The number of piperazine rings is 1. The van der Waals surface area contributed by atoms with Crippen molar-refractivity contribution < 1.29 is 18.8 Å². The van der Waals surface area contributed by atoms with Gasteiger partial charge >= 0.3 is 6.03 Å². The van der Waals surface area contributed by atoms with Gasteiger partial charge in [-0.15, -0.1) is 0 Å². The molecule has 2 aromatic rings. The summed E-state index contributed by atoms with van der Waals surface area (Å²) in [6, 6.07) is 14.0. The Balaban J connectivity index is 0.000000198. The lowest BCUT2D eigenvalue weighted by molar-refractivity contribution is -0.130. The van der Waals surface area contributed by atoms with Gasteiger partial charge in [0.05, 0.1) is 0 Å². The highest BCUT2D eigenvalue weighted by Gasteiger charge is 2.26. The smallest absolute Gasteiger partial charge is 0.321 e. The van der Waals surface area contributed by atoms with Gasteiger partial charge in [-0.05, 0) is 42.7 Å². The summed E-state index contributed by atoms with van der Waals surface area (Å²) in [4.78, 5) is 37.2. The number of anilines is 1. The largest absolute Gasteiger partial charge is 0.368 e. The molecule has 1 saturated carbocycles. The zero-order valence-corrected chi connectivity index (χ0v) is 19.8. The van der Waals surface area contributed by atoms with Gasteiger partial charge in [-0.25, -0.2) is 9.18 Å². The molecule has 9 heteroatoms. The minimum Gasteiger partial charge on any atom is -0.368 e. The van der Waals surface area contributed by atoms with Crippen LogP contribution in [0.2, 0.25) is 0 Å². The van der Waals surface area contributed by atoms with Crippen LogP contribution in [-0.4, -0.2) is 48.9 Å². The van der Waals surface area contributed by atoms with E-state index in [9.17, 15) is 18.8 Å². The molecular weight excluding hydrogens is 449 g/mol. The lowest BCUT2D eigenvalue weighted by atomic mass is 9.88. The maximum atomic E-state index is 12.6. The Morgan fingerprint density at radius 2 is 1.57 bits per heavy atom. The summed E-state index contributed by atoms with van der Waals surface area (Å²) >= 11 is 0. The highest BCUT2D eigenvalue weighted by atomic mass is 19.1. The summed E-state index contributed by atoms with van der Waals surface area (Å²) in [7, 11) is 0. The third-order valence-electron chi connectivity index (χ3n) is 6.18. The lowest BCUT2D eigenvalue weighted by Gasteiger charge is -2.27. The third-order valence-corrected chi connectivity index (χ3v) is 6.18.